The van der Waals surface area contributed by atoms with E-state index in [2.05, 4.69) is 42.3 Å². The first-order valence-corrected chi connectivity index (χ1v) is 10.9. The van der Waals surface area contributed by atoms with Crippen molar-refractivity contribution >= 4 is 5.78 Å². The number of pyridine rings is 1. The molecule has 1 aromatic heterocycles. The zero-order valence-electron chi connectivity index (χ0n) is 18.8. The molecule has 0 radical (unpaired) electrons. The van der Waals surface area contributed by atoms with Gasteiger partial charge in [0.05, 0.1) is 5.69 Å². The van der Waals surface area contributed by atoms with Crippen LogP contribution in [0.4, 0.5) is 0 Å². The molecule has 1 aliphatic rings. The molecule has 2 aromatic rings. The molecule has 31 heavy (non-hydrogen) atoms. The highest BCUT2D eigenvalue weighted by molar-refractivity contribution is 5.79. The summed E-state index contributed by atoms with van der Waals surface area (Å²) < 4.78 is 6.15. The van der Waals surface area contributed by atoms with Gasteiger partial charge in [0.25, 0.3) is 0 Å². The first-order valence-electron chi connectivity index (χ1n) is 10.9. The summed E-state index contributed by atoms with van der Waals surface area (Å²) in [4.78, 5) is 15.9. The van der Waals surface area contributed by atoms with Crippen LogP contribution in [0.2, 0.25) is 0 Å². The fourth-order valence-corrected chi connectivity index (χ4v) is 3.29. The SMILES string of the molecule is CC(=O)C(C)/C=C\CC(C)C1=CCC=CC(Oc2ccc(-c3ccc(C)cn3)cc2)=C1. The number of ether oxygens (including phenoxy) is 1. The fraction of sp³-hybridized carbons (Fsp3) is 0.286. The van der Waals surface area contributed by atoms with Crippen molar-refractivity contribution in [2.45, 2.75) is 40.5 Å². The molecule has 0 fully saturated rings. The highest BCUT2D eigenvalue weighted by Gasteiger charge is 2.10. The van der Waals surface area contributed by atoms with E-state index in [4.69, 9.17) is 4.74 Å². The van der Waals surface area contributed by atoms with Gasteiger partial charge in [-0.1, -0.05) is 44.2 Å². The number of Topliss-reactive ketones (excluding diaryl/α,β-unsaturated/α-hetero) is 1. The summed E-state index contributed by atoms with van der Waals surface area (Å²) in [5.41, 5.74) is 4.42. The Balaban J connectivity index is 1.66. The lowest BCUT2D eigenvalue weighted by atomic mass is 9.95. The number of ketones is 1. The molecule has 0 saturated heterocycles. The molecule has 160 valence electrons. The smallest absolute Gasteiger partial charge is 0.136 e. The predicted molar refractivity (Wildman–Crippen MR) is 128 cm³/mol. The van der Waals surface area contributed by atoms with Crippen molar-refractivity contribution in [1.29, 1.82) is 0 Å². The Morgan fingerprint density at radius 2 is 1.94 bits per heavy atom. The van der Waals surface area contributed by atoms with Crippen molar-refractivity contribution < 1.29 is 9.53 Å². The number of aryl methyl sites for hydroxylation is 1. The van der Waals surface area contributed by atoms with E-state index in [1.807, 2.05) is 62.5 Å². The minimum atomic E-state index is -0.0236. The molecule has 2 atom stereocenters. The van der Waals surface area contributed by atoms with Crippen LogP contribution in [0.25, 0.3) is 11.3 Å². The lowest BCUT2D eigenvalue weighted by Gasteiger charge is -2.13. The number of rotatable bonds is 8. The molecule has 2 unspecified atom stereocenters. The predicted octanol–water partition coefficient (Wildman–Crippen LogP) is 7.01. The molecule has 1 aromatic carbocycles. The van der Waals surface area contributed by atoms with Crippen molar-refractivity contribution in [3.63, 3.8) is 0 Å². The summed E-state index contributed by atoms with van der Waals surface area (Å²) in [7, 11) is 0. The van der Waals surface area contributed by atoms with Crippen LogP contribution < -0.4 is 4.74 Å². The second-order valence-corrected chi connectivity index (χ2v) is 8.20. The monoisotopic (exact) mass is 413 g/mol. The Kier molecular flexibility index (Phi) is 7.77. The number of benzene rings is 1. The number of hydrogen-bond donors (Lipinski definition) is 0. The molecule has 0 amide bonds. The lowest BCUT2D eigenvalue weighted by Crippen LogP contribution is -2.03. The third-order valence-corrected chi connectivity index (χ3v) is 5.50. The maximum atomic E-state index is 11.4. The summed E-state index contributed by atoms with van der Waals surface area (Å²) in [6.07, 6.45) is 16.3. The number of carbonyl (C=O) groups is 1. The van der Waals surface area contributed by atoms with E-state index >= 15 is 0 Å². The Labute approximate surface area is 185 Å². The minimum absolute atomic E-state index is 0.0236. The van der Waals surface area contributed by atoms with Gasteiger partial charge < -0.3 is 4.74 Å². The van der Waals surface area contributed by atoms with E-state index in [0.29, 0.717) is 5.92 Å². The first-order chi connectivity index (χ1) is 14.9. The van der Waals surface area contributed by atoms with Crippen LogP contribution in [0.3, 0.4) is 0 Å². The van der Waals surface area contributed by atoms with Crippen LogP contribution in [0.1, 0.15) is 39.2 Å². The Morgan fingerprint density at radius 1 is 1.16 bits per heavy atom. The van der Waals surface area contributed by atoms with Gasteiger partial charge in [0.15, 0.2) is 0 Å². The summed E-state index contributed by atoms with van der Waals surface area (Å²) >= 11 is 0. The molecular formula is C28H31NO2. The summed E-state index contributed by atoms with van der Waals surface area (Å²) in [6.45, 7) is 7.81. The topological polar surface area (TPSA) is 39.2 Å². The molecule has 0 saturated carbocycles. The quantitative estimate of drug-likeness (QED) is 0.437. The molecule has 1 heterocycles. The van der Waals surface area contributed by atoms with Crippen LogP contribution in [-0.4, -0.2) is 10.8 Å². The van der Waals surface area contributed by atoms with Gasteiger partial charge in [-0.05, 0) is 86.2 Å². The molecular weight excluding hydrogens is 382 g/mol. The van der Waals surface area contributed by atoms with Crippen LogP contribution in [-0.2, 0) is 4.79 Å². The van der Waals surface area contributed by atoms with Gasteiger partial charge in [0, 0.05) is 17.7 Å². The first kappa shape index (κ1) is 22.5. The maximum absolute atomic E-state index is 11.4. The van der Waals surface area contributed by atoms with Gasteiger partial charge in [0.2, 0.25) is 0 Å². The molecule has 0 aliphatic heterocycles. The normalized spacial score (nSPS) is 15.7. The zero-order chi connectivity index (χ0) is 22.2. The Bertz CT molecular complexity index is 1010. The Morgan fingerprint density at radius 3 is 2.61 bits per heavy atom. The van der Waals surface area contributed by atoms with Crippen molar-refractivity contribution in [3.8, 4) is 17.0 Å². The van der Waals surface area contributed by atoms with E-state index in [1.165, 1.54) is 5.57 Å². The maximum Gasteiger partial charge on any atom is 0.136 e. The van der Waals surface area contributed by atoms with Gasteiger partial charge in [-0.3, -0.25) is 9.78 Å². The Hall–Kier alpha value is -3.20. The molecule has 1 aliphatic carbocycles. The summed E-state index contributed by atoms with van der Waals surface area (Å²) in [6, 6.07) is 12.1. The molecule has 3 nitrogen and oxygen atoms in total. The van der Waals surface area contributed by atoms with Gasteiger partial charge in [-0.2, -0.15) is 0 Å². The van der Waals surface area contributed by atoms with Crippen LogP contribution >= 0.6 is 0 Å². The van der Waals surface area contributed by atoms with E-state index in [9.17, 15) is 4.79 Å². The zero-order valence-corrected chi connectivity index (χ0v) is 18.8. The van der Waals surface area contributed by atoms with Crippen LogP contribution in [0.15, 0.2) is 90.4 Å². The second-order valence-electron chi connectivity index (χ2n) is 8.20. The van der Waals surface area contributed by atoms with Gasteiger partial charge in [-0.25, -0.2) is 0 Å². The van der Waals surface area contributed by atoms with E-state index < -0.39 is 0 Å². The average Bonchev–Trinajstić information content (AvgIpc) is 3.00. The molecule has 0 spiro atoms. The number of nitrogens with zero attached hydrogens (tertiary/aromatic N) is 1. The van der Waals surface area contributed by atoms with Gasteiger partial charge >= 0.3 is 0 Å². The molecule has 0 bridgehead atoms. The highest BCUT2D eigenvalue weighted by atomic mass is 16.5. The number of aromatic nitrogens is 1. The molecule has 3 heteroatoms. The van der Waals surface area contributed by atoms with Crippen molar-refractivity contribution in [2.24, 2.45) is 11.8 Å². The van der Waals surface area contributed by atoms with E-state index in [1.54, 1.807) is 6.92 Å². The largest absolute Gasteiger partial charge is 0.457 e. The number of hydrogen-bond acceptors (Lipinski definition) is 3. The number of carbonyl (C=O) groups excluding carboxylic acids is 1. The van der Waals surface area contributed by atoms with Crippen molar-refractivity contribution in [2.75, 3.05) is 0 Å². The average molecular weight is 414 g/mol. The summed E-state index contributed by atoms with van der Waals surface area (Å²) in [5, 5.41) is 0. The fourth-order valence-electron chi connectivity index (χ4n) is 3.29. The van der Waals surface area contributed by atoms with E-state index in [0.717, 1.165) is 41.2 Å². The van der Waals surface area contributed by atoms with Crippen molar-refractivity contribution in [3.05, 3.63) is 95.9 Å². The highest BCUT2D eigenvalue weighted by Crippen LogP contribution is 2.26. The van der Waals surface area contributed by atoms with Crippen LogP contribution in [0.5, 0.6) is 5.75 Å². The van der Waals surface area contributed by atoms with Crippen LogP contribution in [0, 0.1) is 18.8 Å². The van der Waals surface area contributed by atoms with Gasteiger partial charge in [-0.15, -0.1) is 0 Å². The lowest BCUT2D eigenvalue weighted by molar-refractivity contribution is -0.118. The third kappa shape index (κ3) is 6.65. The molecule has 3 rings (SSSR count). The van der Waals surface area contributed by atoms with E-state index in [-0.39, 0.29) is 11.7 Å². The van der Waals surface area contributed by atoms with Crippen molar-refractivity contribution in [1.82, 2.24) is 4.98 Å². The third-order valence-electron chi connectivity index (χ3n) is 5.50. The minimum Gasteiger partial charge on any atom is -0.457 e. The van der Waals surface area contributed by atoms with Gasteiger partial charge in [0.1, 0.15) is 17.3 Å². The summed E-state index contributed by atoms with van der Waals surface area (Å²) in [5.74, 6) is 2.16. The second kappa shape index (κ2) is 10.7. The number of allylic oxidation sites excluding steroid dienone is 7. The molecule has 0 N–H and O–H groups in total. The standard InChI is InChI=1S/C28H31NO2/c1-20-12-17-28(29-19-20)24-13-15-26(16-14-24)31-27-11-6-5-10-25(18-27)22(3)9-7-8-21(2)23(4)30/h6-8,10-19,21-22H,5,9H2,1-4H3/b8-7-.